The molecule has 4 aromatic rings. The van der Waals surface area contributed by atoms with E-state index in [0.29, 0.717) is 25.2 Å². The predicted octanol–water partition coefficient (Wildman–Crippen LogP) is 2.89. The molecule has 0 radical (unpaired) electrons. The zero-order valence-electron chi connectivity index (χ0n) is 24.7. The van der Waals surface area contributed by atoms with Crippen LogP contribution in [0.3, 0.4) is 0 Å². The standard InChI is InChI=1S/C16H21N5O5S.C16H15N/c17-14(18)10-3-11(27-7-10)5-20-15(24)12-4-16(25-1-2-26-16)8-21(12)13(23)6-19-9-22;1-12-3-5-13(6-4-12)14-7-8-16-15(11-14)9-10-17(16)2/h3,7,9,12H,1-2,4-6,8H2,(H3,17,18)(H,19,22)(H,20,24);3-11H,1-2H3. The normalized spacial score (nSPS) is 16.9. The smallest absolute Gasteiger partial charge is 0.243 e. The van der Waals surface area contributed by atoms with Crippen LogP contribution < -0.4 is 16.4 Å². The van der Waals surface area contributed by atoms with Crippen LogP contribution in [0.1, 0.15) is 22.4 Å². The Morgan fingerprint density at radius 2 is 1.84 bits per heavy atom. The molecule has 2 aromatic carbocycles. The Hall–Kier alpha value is -4.52. The molecular weight excluding hydrogens is 580 g/mol. The third-order valence-electron chi connectivity index (χ3n) is 7.74. The molecule has 2 aromatic heterocycles. The number of ether oxygens (including phenoxy) is 2. The molecule has 6 rings (SSSR count). The number of benzene rings is 2. The Balaban J connectivity index is 0.000000193. The number of nitrogens with one attached hydrogen (secondary N) is 3. The number of carbonyl (C=O) groups excluding carboxylic acids is 3. The number of carbonyl (C=O) groups is 3. The van der Waals surface area contributed by atoms with Crippen molar-refractivity contribution in [3.05, 3.63) is 82.2 Å². The van der Waals surface area contributed by atoms with E-state index in [0.717, 1.165) is 4.88 Å². The van der Waals surface area contributed by atoms with E-state index in [2.05, 4.69) is 83.9 Å². The number of hydrogen-bond acceptors (Lipinski definition) is 7. The highest BCUT2D eigenvalue weighted by molar-refractivity contribution is 7.10. The largest absolute Gasteiger partial charge is 0.384 e. The maximum absolute atomic E-state index is 12.7. The summed E-state index contributed by atoms with van der Waals surface area (Å²) >= 11 is 1.39. The van der Waals surface area contributed by atoms with E-state index in [1.54, 1.807) is 11.4 Å². The molecule has 3 amide bonds. The first-order valence-electron chi connectivity index (χ1n) is 14.2. The van der Waals surface area contributed by atoms with Gasteiger partial charge in [-0.2, -0.15) is 0 Å². The van der Waals surface area contributed by atoms with Crippen LogP contribution in [-0.2, 0) is 37.4 Å². The number of amidine groups is 1. The molecule has 2 fully saturated rings. The fourth-order valence-electron chi connectivity index (χ4n) is 5.39. The number of fused-ring (bicyclic) bond motifs is 1. The lowest BCUT2D eigenvalue weighted by atomic mass is 10.0. The number of likely N-dealkylation sites (tertiary alicyclic amines) is 1. The van der Waals surface area contributed by atoms with Crippen molar-refractivity contribution >= 4 is 46.3 Å². The van der Waals surface area contributed by atoms with E-state index in [9.17, 15) is 14.4 Å². The monoisotopic (exact) mass is 616 g/mol. The maximum atomic E-state index is 12.7. The number of aryl methyl sites for hydroxylation is 2. The van der Waals surface area contributed by atoms with Crippen LogP contribution in [0.2, 0.25) is 0 Å². The second kappa shape index (κ2) is 13.4. The Kier molecular flexibility index (Phi) is 9.43. The van der Waals surface area contributed by atoms with Crippen LogP contribution in [0, 0.1) is 12.3 Å². The van der Waals surface area contributed by atoms with Crippen molar-refractivity contribution in [1.29, 1.82) is 5.41 Å². The Labute approximate surface area is 259 Å². The van der Waals surface area contributed by atoms with Crippen LogP contribution >= 0.6 is 11.3 Å². The molecule has 12 heteroatoms. The van der Waals surface area contributed by atoms with Crippen LogP contribution in [0.25, 0.3) is 22.0 Å². The van der Waals surface area contributed by atoms with Gasteiger partial charge in [0.05, 0.1) is 32.8 Å². The molecule has 2 saturated heterocycles. The molecule has 1 spiro atoms. The lowest BCUT2D eigenvalue weighted by Gasteiger charge is -2.23. The second-order valence-electron chi connectivity index (χ2n) is 10.8. The summed E-state index contributed by atoms with van der Waals surface area (Å²) in [5.41, 5.74) is 11.2. The number of aromatic nitrogens is 1. The van der Waals surface area contributed by atoms with Crippen molar-refractivity contribution in [1.82, 2.24) is 20.1 Å². The third-order valence-corrected chi connectivity index (χ3v) is 8.67. The van der Waals surface area contributed by atoms with Crippen LogP contribution in [0.5, 0.6) is 0 Å². The fourth-order valence-corrected chi connectivity index (χ4v) is 6.21. The van der Waals surface area contributed by atoms with Gasteiger partial charge in [0.2, 0.25) is 18.2 Å². The lowest BCUT2D eigenvalue weighted by molar-refractivity contribution is -0.152. The number of nitrogens with zero attached hydrogens (tertiary/aromatic N) is 2. The van der Waals surface area contributed by atoms with Crippen molar-refractivity contribution in [2.75, 3.05) is 26.3 Å². The van der Waals surface area contributed by atoms with Crippen molar-refractivity contribution in [2.45, 2.75) is 31.7 Å². The van der Waals surface area contributed by atoms with Crippen molar-refractivity contribution in [3.63, 3.8) is 0 Å². The summed E-state index contributed by atoms with van der Waals surface area (Å²) in [6.07, 6.45) is 2.77. The highest BCUT2D eigenvalue weighted by atomic mass is 32.1. The van der Waals surface area contributed by atoms with Gasteiger partial charge in [-0.1, -0.05) is 35.9 Å². The second-order valence-corrected chi connectivity index (χ2v) is 11.8. The minimum absolute atomic E-state index is 0.0310. The Morgan fingerprint density at radius 1 is 1.11 bits per heavy atom. The molecule has 5 N–H and O–H groups in total. The first-order valence-corrected chi connectivity index (χ1v) is 15.1. The van der Waals surface area contributed by atoms with Gasteiger partial charge in [-0.3, -0.25) is 19.8 Å². The Bertz CT molecular complexity index is 1660. The fraction of sp³-hybridized carbons (Fsp3) is 0.312. The SMILES string of the molecule is Cc1ccc(-c2ccc3c(ccn3C)c2)cc1.N=C(N)c1csc(CNC(=O)C2CC3(CN2C(=O)CNC=O)OCCO3)c1. The lowest BCUT2D eigenvalue weighted by Crippen LogP contribution is -2.48. The minimum atomic E-state index is -0.969. The average Bonchev–Trinajstić information content (AvgIpc) is 3.83. The molecule has 1 unspecified atom stereocenters. The molecule has 4 heterocycles. The molecule has 2 aliphatic rings. The van der Waals surface area contributed by atoms with Crippen molar-refractivity contribution < 1.29 is 23.9 Å². The highest BCUT2D eigenvalue weighted by Gasteiger charge is 2.52. The number of hydrogen-bond donors (Lipinski definition) is 4. The van der Waals surface area contributed by atoms with E-state index in [-0.39, 0.29) is 43.7 Å². The molecule has 2 aliphatic heterocycles. The van der Waals surface area contributed by atoms with Crippen molar-refractivity contribution in [3.8, 4) is 11.1 Å². The Morgan fingerprint density at radius 3 is 2.52 bits per heavy atom. The minimum Gasteiger partial charge on any atom is -0.384 e. The van der Waals surface area contributed by atoms with Gasteiger partial charge in [-0.15, -0.1) is 11.3 Å². The summed E-state index contributed by atoms with van der Waals surface area (Å²) < 4.78 is 13.4. The maximum Gasteiger partial charge on any atom is 0.243 e. The van der Waals surface area contributed by atoms with Gasteiger partial charge in [0.15, 0.2) is 5.79 Å². The topological polar surface area (TPSA) is 152 Å². The van der Waals surface area contributed by atoms with Gasteiger partial charge in [0.25, 0.3) is 0 Å². The van der Waals surface area contributed by atoms with Crippen molar-refractivity contribution in [2.24, 2.45) is 12.8 Å². The number of nitrogens with two attached hydrogens (primary N) is 1. The first kappa shape index (κ1) is 30.9. The summed E-state index contributed by atoms with van der Waals surface area (Å²) in [5, 5.41) is 15.6. The molecule has 11 nitrogen and oxygen atoms in total. The number of thiophene rings is 1. The van der Waals surface area contributed by atoms with Crippen LogP contribution in [-0.4, -0.2) is 71.7 Å². The molecule has 0 saturated carbocycles. The van der Waals surface area contributed by atoms with Gasteiger partial charge in [0, 0.05) is 46.4 Å². The average molecular weight is 617 g/mol. The number of rotatable bonds is 8. The first-order chi connectivity index (χ1) is 21.2. The molecule has 44 heavy (non-hydrogen) atoms. The summed E-state index contributed by atoms with van der Waals surface area (Å²) in [5.74, 6) is -1.71. The van der Waals surface area contributed by atoms with Gasteiger partial charge in [-0.05, 0) is 42.3 Å². The van der Waals surface area contributed by atoms with Crippen LogP contribution in [0.15, 0.2) is 66.2 Å². The van der Waals surface area contributed by atoms with E-state index in [1.807, 2.05) is 0 Å². The summed E-state index contributed by atoms with van der Waals surface area (Å²) in [6, 6.07) is 18.4. The molecule has 0 bridgehead atoms. The molecule has 230 valence electrons. The highest BCUT2D eigenvalue weighted by Crippen LogP contribution is 2.35. The van der Waals surface area contributed by atoms with Gasteiger partial charge < -0.3 is 35.3 Å². The predicted molar refractivity (Wildman–Crippen MR) is 169 cm³/mol. The van der Waals surface area contributed by atoms with E-state index < -0.39 is 11.8 Å². The molecular formula is C32H36N6O5S. The van der Waals surface area contributed by atoms with E-state index in [1.165, 1.54) is 43.8 Å². The quantitative estimate of drug-likeness (QED) is 0.136. The van der Waals surface area contributed by atoms with Crippen LogP contribution in [0.4, 0.5) is 0 Å². The van der Waals surface area contributed by atoms with E-state index in [4.69, 9.17) is 20.6 Å². The number of amides is 3. The van der Waals surface area contributed by atoms with Gasteiger partial charge in [0.1, 0.15) is 11.9 Å². The van der Waals surface area contributed by atoms with Gasteiger partial charge >= 0.3 is 0 Å². The zero-order chi connectivity index (χ0) is 31.3. The third kappa shape index (κ3) is 6.99. The molecule has 1 atom stereocenters. The summed E-state index contributed by atoms with van der Waals surface area (Å²) in [7, 11) is 2.08. The van der Waals surface area contributed by atoms with Gasteiger partial charge in [-0.25, -0.2) is 0 Å². The summed E-state index contributed by atoms with van der Waals surface area (Å²) in [6.45, 7) is 3.13. The molecule has 0 aliphatic carbocycles. The number of nitrogen functional groups attached to an aromatic ring is 1. The van der Waals surface area contributed by atoms with E-state index >= 15 is 0 Å². The zero-order valence-corrected chi connectivity index (χ0v) is 25.5. The summed E-state index contributed by atoms with van der Waals surface area (Å²) in [4.78, 5) is 37.8.